The van der Waals surface area contributed by atoms with Crippen molar-refractivity contribution in [2.24, 2.45) is 0 Å². The zero-order chi connectivity index (χ0) is 11.4. The molecule has 2 rings (SSSR count). The van der Waals surface area contributed by atoms with Crippen molar-refractivity contribution in [3.05, 3.63) is 32.0 Å². The predicted octanol–water partition coefficient (Wildman–Crippen LogP) is 2.50. The molecule has 0 spiro atoms. The molecule has 0 radical (unpaired) electrons. The third-order valence-corrected chi connectivity index (χ3v) is 3.49. The van der Waals surface area contributed by atoms with Gasteiger partial charge in [-0.1, -0.05) is 0 Å². The maximum atomic E-state index is 4.39. The van der Waals surface area contributed by atoms with E-state index < -0.39 is 0 Å². The lowest BCUT2D eigenvalue weighted by molar-refractivity contribution is 0.960. The molecule has 0 aliphatic carbocycles. The number of hydrogen-bond donors (Lipinski definition) is 1. The van der Waals surface area contributed by atoms with Crippen molar-refractivity contribution in [1.82, 2.24) is 15.0 Å². The Balaban J connectivity index is 1.82. The Morgan fingerprint density at radius 3 is 2.75 bits per heavy atom. The van der Waals surface area contributed by atoms with Crippen LogP contribution in [0.1, 0.15) is 10.7 Å². The molecule has 2 heterocycles. The van der Waals surface area contributed by atoms with Crippen LogP contribution in [0.15, 0.2) is 17.8 Å². The van der Waals surface area contributed by atoms with Crippen LogP contribution >= 0.6 is 33.9 Å². The van der Waals surface area contributed by atoms with Crippen LogP contribution in [0.3, 0.4) is 0 Å². The molecule has 0 saturated heterocycles. The predicted molar refractivity (Wildman–Crippen MR) is 73.8 cm³/mol. The number of halogens is 1. The molecule has 0 atom stereocenters. The molecule has 0 amide bonds. The maximum Gasteiger partial charge on any atom is 0.222 e. The average molecular weight is 346 g/mol. The summed E-state index contributed by atoms with van der Waals surface area (Å²) < 4.78 is 1.04. The Bertz CT molecular complexity index is 454. The van der Waals surface area contributed by atoms with Crippen LogP contribution in [0, 0.1) is 10.5 Å². The van der Waals surface area contributed by atoms with Gasteiger partial charge in [0.25, 0.3) is 0 Å². The van der Waals surface area contributed by atoms with Gasteiger partial charge in [-0.3, -0.25) is 0 Å². The van der Waals surface area contributed by atoms with E-state index in [1.807, 2.05) is 6.92 Å². The van der Waals surface area contributed by atoms with E-state index in [1.165, 1.54) is 0 Å². The number of rotatable bonds is 4. The molecule has 2 aromatic heterocycles. The van der Waals surface area contributed by atoms with E-state index in [0.29, 0.717) is 5.95 Å². The molecule has 0 fully saturated rings. The van der Waals surface area contributed by atoms with Gasteiger partial charge in [0.1, 0.15) is 0 Å². The number of anilines is 1. The van der Waals surface area contributed by atoms with Gasteiger partial charge in [0.05, 0.1) is 5.01 Å². The van der Waals surface area contributed by atoms with Crippen LogP contribution < -0.4 is 5.32 Å². The normalized spacial score (nSPS) is 10.4. The first kappa shape index (κ1) is 11.7. The minimum absolute atomic E-state index is 0.675. The van der Waals surface area contributed by atoms with Crippen LogP contribution in [-0.4, -0.2) is 21.5 Å². The highest BCUT2D eigenvalue weighted by atomic mass is 127. The van der Waals surface area contributed by atoms with Crippen molar-refractivity contribution in [2.75, 3.05) is 11.9 Å². The lowest BCUT2D eigenvalue weighted by Gasteiger charge is -2.02. The zero-order valence-corrected chi connectivity index (χ0v) is 11.7. The number of aromatic nitrogens is 3. The average Bonchev–Trinajstić information content (AvgIpc) is 2.67. The molecule has 2 aromatic rings. The number of nitrogens with one attached hydrogen (secondary N) is 1. The first-order chi connectivity index (χ1) is 7.74. The van der Waals surface area contributed by atoms with E-state index in [4.69, 9.17) is 0 Å². The quantitative estimate of drug-likeness (QED) is 0.865. The summed E-state index contributed by atoms with van der Waals surface area (Å²) in [4.78, 5) is 12.7. The van der Waals surface area contributed by atoms with E-state index in [1.54, 1.807) is 23.7 Å². The van der Waals surface area contributed by atoms with Gasteiger partial charge in [-0.2, -0.15) is 0 Å². The van der Waals surface area contributed by atoms with Crippen LogP contribution in [0.25, 0.3) is 0 Å². The minimum atomic E-state index is 0.675. The van der Waals surface area contributed by atoms with Gasteiger partial charge in [-0.05, 0) is 29.5 Å². The van der Waals surface area contributed by atoms with Crippen molar-refractivity contribution in [3.8, 4) is 0 Å². The fourth-order valence-electron chi connectivity index (χ4n) is 1.20. The highest BCUT2D eigenvalue weighted by Crippen LogP contribution is 2.09. The smallest absolute Gasteiger partial charge is 0.222 e. The fourth-order valence-corrected chi connectivity index (χ4v) is 2.26. The molecule has 0 aliphatic rings. The molecule has 1 N–H and O–H groups in total. The third kappa shape index (κ3) is 3.38. The van der Waals surface area contributed by atoms with Gasteiger partial charge in [0, 0.05) is 40.0 Å². The van der Waals surface area contributed by atoms with Crippen molar-refractivity contribution < 1.29 is 0 Å². The number of thiazole rings is 1. The van der Waals surface area contributed by atoms with E-state index >= 15 is 0 Å². The SMILES string of the molecule is Cc1csc(CCNc2ncc(I)cn2)n1. The highest BCUT2D eigenvalue weighted by molar-refractivity contribution is 14.1. The fraction of sp³-hybridized carbons (Fsp3) is 0.300. The minimum Gasteiger partial charge on any atom is -0.354 e. The Morgan fingerprint density at radius 2 is 2.12 bits per heavy atom. The standard InChI is InChI=1S/C10H11IN4S/c1-7-6-16-9(15-7)2-3-12-10-13-4-8(11)5-14-10/h4-6H,2-3H2,1H3,(H,12,13,14). The van der Waals surface area contributed by atoms with Gasteiger partial charge in [-0.15, -0.1) is 11.3 Å². The molecule has 4 nitrogen and oxygen atoms in total. The summed E-state index contributed by atoms with van der Waals surface area (Å²) in [6.07, 6.45) is 4.50. The van der Waals surface area contributed by atoms with E-state index in [0.717, 1.165) is 27.2 Å². The molecule has 0 bridgehead atoms. The monoisotopic (exact) mass is 346 g/mol. The zero-order valence-electron chi connectivity index (χ0n) is 8.77. The molecule has 16 heavy (non-hydrogen) atoms. The van der Waals surface area contributed by atoms with Crippen molar-refractivity contribution in [3.63, 3.8) is 0 Å². The Kier molecular flexibility index (Phi) is 4.05. The lowest BCUT2D eigenvalue weighted by Crippen LogP contribution is -2.07. The molecule has 0 aromatic carbocycles. The first-order valence-electron chi connectivity index (χ1n) is 4.86. The van der Waals surface area contributed by atoms with Crippen LogP contribution in [0.5, 0.6) is 0 Å². The Morgan fingerprint density at radius 1 is 1.38 bits per heavy atom. The van der Waals surface area contributed by atoms with Crippen molar-refractivity contribution in [2.45, 2.75) is 13.3 Å². The summed E-state index contributed by atoms with van der Waals surface area (Å²) in [7, 11) is 0. The van der Waals surface area contributed by atoms with Gasteiger partial charge >= 0.3 is 0 Å². The van der Waals surface area contributed by atoms with Gasteiger partial charge in [0.15, 0.2) is 0 Å². The molecular formula is C10H11IN4S. The van der Waals surface area contributed by atoms with Crippen LogP contribution in [-0.2, 0) is 6.42 Å². The van der Waals surface area contributed by atoms with E-state index in [-0.39, 0.29) is 0 Å². The summed E-state index contributed by atoms with van der Waals surface area (Å²) in [5.74, 6) is 0.675. The molecule has 0 saturated carbocycles. The topological polar surface area (TPSA) is 50.7 Å². The van der Waals surface area contributed by atoms with E-state index in [9.17, 15) is 0 Å². The number of hydrogen-bond acceptors (Lipinski definition) is 5. The van der Waals surface area contributed by atoms with Crippen molar-refractivity contribution in [1.29, 1.82) is 0 Å². The molecular weight excluding hydrogens is 335 g/mol. The second kappa shape index (κ2) is 5.53. The second-order valence-electron chi connectivity index (χ2n) is 3.28. The largest absolute Gasteiger partial charge is 0.354 e. The third-order valence-electron chi connectivity index (χ3n) is 1.91. The van der Waals surface area contributed by atoms with Crippen LogP contribution in [0.4, 0.5) is 5.95 Å². The van der Waals surface area contributed by atoms with E-state index in [2.05, 4.69) is 48.2 Å². The number of nitrogens with zero attached hydrogens (tertiary/aromatic N) is 3. The van der Waals surface area contributed by atoms with Gasteiger partial charge in [-0.25, -0.2) is 15.0 Å². The van der Waals surface area contributed by atoms with Gasteiger partial charge < -0.3 is 5.32 Å². The summed E-state index contributed by atoms with van der Waals surface area (Å²) in [5, 5.41) is 6.39. The van der Waals surface area contributed by atoms with Crippen molar-refractivity contribution >= 4 is 39.9 Å². The summed E-state index contributed by atoms with van der Waals surface area (Å²) in [6, 6.07) is 0. The van der Waals surface area contributed by atoms with Crippen LogP contribution in [0.2, 0.25) is 0 Å². The first-order valence-corrected chi connectivity index (χ1v) is 6.82. The summed E-state index contributed by atoms with van der Waals surface area (Å²) in [5.41, 5.74) is 1.09. The lowest BCUT2D eigenvalue weighted by atomic mass is 10.4. The molecule has 84 valence electrons. The Labute approximate surface area is 112 Å². The highest BCUT2D eigenvalue weighted by Gasteiger charge is 1.99. The molecule has 0 aliphatic heterocycles. The van der Waals surface area contributed by atoms with Gasteiger partial charge in [0.2, 0.25) is 5.95 Å². The number of aryl methyl sites for hydroxylation is 1. The second-order valence-corrected chi connectivity index (χ2v) is 5.47. The molecule has 6 heteroatoms. The summed E-state index contributed by atoms with van der Waals surface area (Å²) >= 11 is 3.88. The maximum absolute atomic E-state index is 4.39. The molecule has 0 unspecified atom stereocenters. The summed E-state index contributed by atoms with van der Waals surface area (Å²) in [6.45, 7) is 2.82. The Hall–Kier alpha value is -0.760.